The Balaban J connectivity index is 1.68. The minimum Gasteiger partial charge on any atom is -0.380 e. The van der Waals surface area contributed by atoms with Crippen molar-refractivity contribution in [3.63, 3.8) is 0 Å². The molecule has 2 saturated carbocycles. The molecule has 0 aliphatic heterocycles. The lowest BCUT2D eigenvalue weighted by Crippen LogP contribution is -2.26. The SMILES string of the molecule is COC1[C@H]2C=C[C@@H]1[C@H]1[C@@H]2[C@H]2c3ccccc3[C@@H]1C2OC. The lowest BCUT2D eigenvalue weighted by Gasteiger charge is -2.32. The van der Waals surface area contributed by atoms with Crippen LogP contribution >= 0.6 is 0 Å². The smallest absolute Gasteiger partial charge is 0.0714 e. The van der Waals surface area contributed by atoms with Crippen LogP contribution in [-0.4, -0.2) is 26.4 Å². The Kier molecular flexibility index (Phi) is 2.16. The predicted molar refractivity (Wildman–Crippen MR) is 76.6 cm³/mol. The zero-order valence-corrected chi connectivity index (χ0v) is 11.9. The third-order valence-corrected chi connectivity index (χ3v) is 6.44. The fourth-order valence-corrected chi connectivity index (χ4v) is 6.05. The summed E-state index contributed by atoms with van der Waals surface area (Å²) in [6.07, 6.45) is 5.61. The van der Waals surface area contributed by atoms with Crippen LogP contribution < -0.4 is 0 Å². The van der Waals surface area contributed by atoms with E-state index >= 15 is 0 Å². The number of rotatable bonds is 2. The van der Waals surface area contributed by atoms with Gasteiger partial charge in [-0.1, -0.05) is 36.4 Å². The van der Waals surface area contributed by atoms with E-state index in [1.54, 1.807) is 11.1 Å². The fourth-order valence-electron chi connectivity index (χ4n) is 6.05. The van der Waals surface area contributed by atoms with Crippen LogP contribution in [0.2, 0.25) is 0 Å². The standard InChI is InChI=1S/C18H20O2/c1-19-17-11-7-8-12(17)14-13(11)15-9-5-3-4-6-10(9)16(14)18(15)20-2/h3-8,11-18H,1-2H3/t11-,12+,13+,14-,15+,16-,17?,18?. The van der Waals surface area contributed by atoms with E-state index in [1.807, 2.05) is 14.2 Å². The molecule has 1 aromatic carbocycles. The van der Waals surface area contributed by atoms with Gasteiger partial charge in [0.2, 0.25) is 0 Å². The molecular formula is C18H20O2. The van der Waals surface area contributed by atoms with Gasteiger partial charge in [-0.3, -0.25) is 0 Å². The highest BCUT2D eigenvalue weighted by atomic mass is 16.5. The van der Waals surface area contributed by atoms with Gasteiger partial charge in [0.25, 0.3) is 0 Å². The Morgan fingerprint density at radius 1 is 0.750 bits per heavy atom. The first-order chi connectivity index (χ1) is 9.86. The minimum absolute atomic E-state index is 0.380. The lowest BCUT2D eigenvalue weighted by atomic mass is 9.71. The summed E-state index contributed by atoms with van der Waals surface area (Å²) in [5.74, 6) is 3.78. The molecule has 8 atom stereocenters. The van der Waals surface area contributed by atoms with E-state index in [2.05, 4.69) is 36.4 Å². The molecule has 0 N–H and O–H groups in total. The second kappa shape index (κ2) is 3.75. The van der Waals surface area contributed by atoms with Gasteiger partial charge in [0.05, 0.1) is 12.2 Å². The van der Waals surface area contributed by atoms with Gasteiger partial charge in [0.1, 0.15) is 0 Å². The van der Waals surface area contributed by atoms with Crippen molar-refractivity contribution >= 4 is 0 Å². The molecule has 0 amide bonds. The second-order valence-corrected chi connectivity index (χ2v) is 6.78. The molecule has 4 aliphatic carbocycles. The molecule has 5 rings (SSSR count). The van der Waals surface area contributed by atoms with Gasteiger partial charge in [-0.15, -0.1) is 0 Å². The number of benzene rings is 1. The van der Waals surface area contributed by atoms with Gasteiger partial charge >= 0.3 is 0 Å². The summed E-state index contributed by atoms with van der Waals surface area (Å²) < 4.78 is 11.8. The summed E-state index contributed by atoms with van der Waals surface area (Å²) in [5, 5.41) is 0. The van der Waals surface area contributed by atoms with Crippen molar-refractivity contribution in [1.29, 1.82) is 0 Å². The van der Waals surface area contributed by atoms with Crippen LogP contribution in [0.3, 0.4) is 0 Å². The summed E-state index contributed by atoms with van der Waals surface area (Å²) in [4.78, 5) is 0. The number of hydrogen-bond donors (Lipinski definition) is 0. The van der Waals surface area contributed by atoms with Crippen molar-refractivity contribution in [2.45, 2.75) is 24.0 Å². The molecule has 2 heteroatoms. The summed E-state index contributed by atoms with van der Waals surface area (Å²) >= 11 is 0. The summed E-state index contributed by atoms with van der Waals surface area (Å²) in [7, 11) is 3.77. The summed E-state index contributed by atoms with van der Waals surface area (Å²) in [6, 6.07) is 9.00. The Hall–Kier alpha value is -1.12. The first kappa shape index (κ1) is 11.5. The van der Waals surface area contributed by atoms with Crippen LogP contribution in [0.4, 0.5) is 0 Å². The van der Waals surface area contributed by atoms with Crippen LogP contribution in [0.25, 0.3) is 0 Å². The largest absolute Gasteiger partial charge is 0.380 e. The summed E-state index contributed by atoms with van der Waals surface area (Å²) in [5.41, 5.74) is 3.09. The average molecular weight is 268 g/mol. The Morgan fingerprint density at radius 3 is 1.70 bits per heavy atom. The highest BCUT2D eigenvalue weighted by Gasteiger charge is 2.67. The molecule has 4 bridgehead atoms. The van der Waals surface area contributed by atoms with Gasteiger partial charge in [0.15, 0.2) is 0 Å². The van der Waals surface area contributed by atoms with E-state index < -0.39 is 0 Å². The van der Waals surface area contributed by atoms with Gasteiger partial charge < -0.3 is 9.47 Å². The molecule has 104 valence electrons. The topological polar surface area (TPSA) is 18.5 Å². The first-order valence-electron chi connectivity index (χ1n) is 7.69. The zero-order chi connectivity index (χ0) is 13.4. The van der Waals surface area contributed by atoms with Crippen LogP contribution in [0, 0.1) is 23.7 Å². The molecule has 20 heavy (non-hydrogen) atoms. The van der Waals surface area contributed by atoms with Crippen molar-refractivity contribution in [1.82, 2.24) is 0 Å². The minimum atomic E-state index is 0.380. The maximum Gasteiger partial charge on any atom is 0.0714 e. The first-order valence-corrected chi connectivity index (χ1v) is 7.69. The monoisotopic (exact) mass is 268 g/mol. The normalized spacial score (nSPS) is 49.7. The molecule has 0 spiro atoms. The molecular weight excluding hydrogens is 248 g/mol. The van der Waals surface area contributed by atoms with Crippen LogP contribution in [-0.2, 0) is 9.47 Å². The fraction of sp³-hybridized carbons (Fsp3) is 0.556. The molecule has 4 aliphatic rings. The van der Waals surface area contributed by atoms with Gasteiger partial charge in [0, 0.05) is 37.9 Å². The number of ether oxygens (including phenoxy) is 2. The average Bonchev–Trinajstić information content (AvgIpc) is 3.20. The van der Waals surface area contributed by atoms with E-state index in [-0.39, 0.29) is 0 Å². The summed E-state index contributed by atoms with van der Waals surface area (Å²) in [6.45, 7) is 0. The Morgan fingerprint density at radius 2 is 1.25 bits per heavy atom. The molecule has 0 radical (unpaired) electrons. The Labute approximate surface area is 119 Å². The van der Waals surface area contributed by atoms with Gasteiger partial charge in [-0.2, -0.15) is 0 Å². The van der Waals surface area contributed by atoms with Crippen molar-refractivity contribution < 1.29 is 9.47 Å². The zero-order valence-electron chi connectivity index (χ0n) is 11.9. The van der Waals surface area contributed by atoms with Crippen LogP contribution in [0.15, 0.2) is 36.4 Å². The molecule has 2 unspecified atom stereocenters. The van der Waals surface area contributed by atoms with Crippen molar-refractivity contribution in [2.75, 3.05) is 14.2 Å². The highest BCUT2D eigenvalue weighted by Crippen LogP contribution is 2.70. The maximum absolute atomic E-state index is 5.94. The third kappa shape index (κ3) is 1.08. The quantitative estimate of drug-likeness (QED) is 0.606. The van der Waals surface area contributed by atoms with Crippen LogP contribution in [0.1, 0.15) is 23.0 Å². The third-order valence-electron chi connectivity index (χ3n) is 6.44. The molecule has 2 fully saturated rings. The van der Waals surface area contributed by atoms with Crippen molar-refractivity contribution in [3.05, 3.63) is 47.5 Å². The number of methoxy groups -OCH3 is 2. The predicted octanol–water partition coefficient (Wildman–Crippen LogP) is 2.96. The lowest BCUT2D eigenvalue weighted by molar-refractivity contribution is 0.0372. The van der Waals surface area contributed by atoms with Crippen molar-refractivity contribution in [2.24, 2.45) is 23.7 Å². The van der Waals surface area contributed by atoms with E-state index in [0.29, 0.717) is 35.9 Å². The van der Waals surface area contributed by atoms with Gasteiger partial charge in [-0.25, -0.2) is 0 Å². The molecule has 0 aromatic heterocycles. The highest BCUT2D eigenvalue weighted by molar-refractivity contribution is 5.49. The Bertz CT molecular complexity index is 546. The van der Waals surface area contributed by atoms with E-state index in [9.17, 15) is 0 Å². The van der Waals surface area contributed by atoms with Gasteiger partial charge in [-0.05, 0) is 23.0 Å². The molecule has 0 heterocycles. The maximum atomic E-state index is 5.94. The van der Waals surface area contributed by atoms with Crippen molar-refractivity contribution in [3.8, 4) is 0 Å². The number of hydrogen-bond acceptors (Lipinski definition) is 2. The van der Waals surface area contributed by atoms with E-state index in [0.717, 1.165) is 11.8 Å². The molecule has 0 saturated heterocycles. The second-order valence-electron chi connectivity index (χ2n) is 6.78. The van der Waals surface area contributed by atoms with E-state index in [4.69, 9.17) is 9.47 Å². The number of fused-ring (bicyclic) bond motifs is 12. The van der Waals surface area contributed by atoms with Crippen LogP contribution in [0.5, 0.6) is 0 Å². The molecule has 2 nitrogen and oxygen atoms in total. The molecule has 1 aromatic rings. The van der Waals surface area contributed by atoms with E-state index in [1.165, 1.54) is 0 Å².